The van der Waals surface area contributed by atoms with E-state index in [9.17, 15) is 0 Å². The van der Waals surface area contributed by atoms with Crippen molar-refractivity contribution in [2.45, 2.75) is 50.7 Å². The van der Waals surface area contributed by atoms with Gasteiger partial charge in [-0.15, -0.1) is 0 Å². The van der Waals surface area contributed by atoms with E-state index in [-0.39, 0.29) is 11.6 Å². The maximum absolute atomic E-state index is 6.35. The van der Waals surface area contributed by atoms with E-state index >= 15 is 0 Å². The molecule has 15 heavy (non-hydrogen) atoms. The van der Waals surface area contributed by atoms with E-state index in [1.807, 2.05) is 0 Å². The predicted molar refractivity (Wildman–Crippen MR) is 59.7 cm³/mol. The van der Waals surface area contributed by atoms with Gasteiger partial charge in [0.05, 0.1) is 12.2 Å². The Balaban J connectivity index is 1.94. The summed E-state index contributed by atoms with van der Waals surface area (Å²) in [4.78, 5) is 0. The number of ether oxygens (including phenoxy) is 2. The van der Waals surface area contributed by atoms with Gasteiger partial charge in [-0.25, -0.2) is 0 Å². The molecule has 2 N–H and O–H groups in total. The van der Waals surface area contributed by atoms with Crippen LogP contribution in [0.2, 0.25) is 0 Å². The zero-order valence-corrected chi connectivity index (χ0v) is 9.71. The summed E-state index contributed by atoms with van der Waals surface area (Å²) in [5.74, 6) is 0.488. The molecule has 2 rings (SSSR count). The summed E-state index contributed by atoms with van der Waals surface area (Å²) in [7, 11) is 0. The summed E-state index contributed by atoms with van der Waals surface area (Å²) in [6, 6.07) is 0.137. The molecule has 0 radical (unpaired) electrons. The average molecular weight is 213 g/mol. The van der Waals surface area contributed by atoms with Crippen molar-refractivity contribution in [3.8, 4) is 0 Å². The second-order valence-electron chi connectivity index (χ2n) is 5.12. The Bertz CT molecular complexity index is 196. The fourth-order valence-corrected chi connectivity index (χ4v) is 2.77. The van der Waals surface area contributed by atoms with Crippen LogP contribution >= 0.6 is 0 Å². The number of hydrogen-bond donors (Lipinski definition) is 1. The molecule has 0 aromatic carbocycles. The third-order valence-electron chi connectivity index (χ3n) is 3.91. The van der Waals surface area contributed by atoms with Gasteiger partial charge in [0.2, 0.25) is 0 Å². The summed E-state index contributed by atoms with van der Waals surface area (Å²) in [6.07, 6.45) is 5.88. The Morgan fingerprint density at radius 2 is 2.13 bits per heavy atom. The van der Waals surface area contributed by atoms with Crippen LogP contribution < -0.4 is 5.73 Å². The Morgan fingerprint density at radius 1 is 1.27 bits per heavy atom. The zero-order valence-electron chi connectivity index (χ0n) is 9.71. The van der Waals surface area contributed by atoms with E-state index < -0.39 is 0 Å². The minimum absolute atomic E-state index is 0.108. The van der Waals surface area contributed by atoms with Gasteiger partial charge in [0.25, 0.3) is 0 Å². The SMILES string of the molecule is CC1(C(N)C2CCCOC2)CCCCO1. The molecule has 2 aliphatic rings. The molecule has 3 atom stereocenters. The molecule has 0 saturated carbocycles. The molecule has 88 valence electrons. The summed E-state index contributed by atoms with van der Waals surface area (Å²) in [6.45, 7) is 4.77. The average Bonchev–Trinajstić information content (AvgIpc) is 2.30. The Hall–Kier alpha value is -0.120. The summed E-state index contributed by atoms with van der Waals surface area (Å²) < 4.78 is 11.4. The molecular weight excluding hydrogens is 190 g/mol. The number of rotatable bonds is 2. The maximum Gasteiger partial charge on any atom is 0.0808 e. The maximum atomic E-state index is 6.35. The molecule has 0 aliphatic carbocycles. The molecular formula is C12H23NO2. The zero-order chi connectivity index (χ0) is 10.7. The molecule has 3 nitrogen and oxygen atoms in total. The Morgan fingerprint density at radius 3 is 2.73 bits per heavy atom. The molecule has 0 spiro atoms. The summed E-state index contributed by atoms with van der Waals surface area (Å²) in [5, 5.41) is 0. The van der Waals surface area contributed by atoms with Crippen molar-refractivity contribution < 1.29 is 9.47 Å². The highest BCUT2D eigenvalue weighted by atomic mass is 16.5. The van der Waals surface area contributed by atoms with E-state index in [1.165, 1.54) is 19.3 Å². The van der Waals surface area contributed by atoms with Crippen LogP contribution in [0.4, 0.5) is 0 Å². The van der Waals surface area contributed by atoms with Crippen LogP contribution in [0.1, 0.15) is 39.0 Å². The van der Waals surface area contributed by atoms with Crippen molar-refractivity contribution in [1.29, 1.82) is 0 Å². The van der Waals surface area contributed by atoms with Crippen molar-refractivity contribution in [2.24, 2.45) is 11.7 Å². The number of hydrogen-bond acceptors (Lipinski definition) is 3. The molecule has 0 bridgehead atoms. The number of nitrogens with two attached hydrogens (primary N) is 1. The lowest BCUT2D eigenvalue weighted by atomic mass is 9.79. The Kier molecular flexibility index (Phi) is 3.65. The van der Waals surface area contributed by atoms with Crippen LogP contribution in [0.5, 0.6) is 0 Å². The van der Waals surface area contributed by atoms with Crippen LogP contribution in [0.3, 0.4) is 0 Å². The van der Waals surface area contributed by atoms with Crippen molar-refractivity contribution in [2.75, 3.05) is 19.8 Å². The fraction of sp³-hybridized carbons (Fsp3) is 1.00. The molecule has 0 aromatic heterocycles. The summed E-state index contributed by atoms with van der Waals surface area (Å²) >= 11 is 0. The van der Waals surface area contributed by atoms with Gasteiger partial charge in [0, 0.05) is 25.2 Å². The van der Waals surface area contributed by atoms with Crippen molar-refractivity contribution >= 4 is 0 Å². The molecule has 0 amide bonds. The van der Waals surface area contributed by atoms with E-state index in [1.54, 1.807) is 0 Å². The minimum Gasteiger partial charge on any atom is -0.381 e. The normalized spacial score (nSPS) is 40.0. The molecule has 3 heteroatoms. The molecule has 2 saturated heterocycles. The molecule has 2 aliphatic heterocycles. The van der Waals surface area contributed by atoms with Gasteiger partial charge >= 0.3 is 0 Å². The summed E-state index contributed by atoms with van der Waals surface area (Å²) in [5.41, 5.74) is 6.24. The fourth-order valence-electron chi connectivity index (χ4n) is 2.77. The quantitative estimate of drug-likeness (QED) is 0.759. The first-order chi connectivity index (χ1) is 7.22. The van der Waals surface area contributed by atoms with Gasteiger partial charge in [-0.05, 0) is 39.0 Å². The van der Waals surface area contributed by atoms with Gasteiger partial charge in [0.15, 0.2) is 0 Å². The van der Waals surface area contributed by atoms with Crippen LogP contribution in [0.25, 0.3) is 0 Å². The van der Waals surface area contributed by atoms with E-state index in [0.717, 1.165) is 32.7 Å². The predicted octanol–water partition coefficient (Wildman–Crippen LogP) is 1.70. The van der Waals surface area contributed by atoms with E-state index in [0.29, 0.717) is 5.92 Å². The second kappa shape index (κ2) is 4.81. The molecule has 2 fully saturated rings. The first-order valence-corrected chi connectivity index (χ1v) is 6.20. The van der Waals surface area contributed by atoms with Crippen LogP contribution in [0, 0.1) is 5.92 Å². The van der Waals surface area contributed by atoms with E-state index in [4.69, 9.17) is 15.2 Å². The highest BCUT2D eigenvalue weighted by Gasteiger charge is 2.39. The van der Waals surface area contributed by atoms with Crippen LogP contribution in [-0.4, -0.2) is 31.5 Å². The lowest BCUT2D eigenvalue weighted by molar-refractivity contribution is -0.104. The van der Waals surface area contributed by atoms with Crippen molar-refractivity contribution in [1.82, 2.24) is 0 Å². The second-order valence-corrected chi connectivity index (χ2v) is 5.12. The van der Waals surface area contributed by atoms with Gasteiger partial charge in [0.1, 0.15) is 0 Å². The van der Waals surface area contributed by atoms with Gasteiger partial charge in [-0.3, -0.25) is 0 Å². The molecule has 2 heterocycles. The highest BCUT2D eigenvalue weighted by Crippen LogP contribution is 2.32. The lowest BCUT2D eigenvalue weighted by Gasteiger charge is -2.43. The van der Waals surface area contributed by atoms with Crippen LogP contribution in [0.15, 0.2) is 0 Å². The molecule has 0 aromatic rings. The third kappa shape index (κ3) is 2.52. The topological polar surface area (TPSA) is 44.5 Å². The smallest absolute Gasteiger partial charge is 0.0808 e. The van der Waals surface area contributed by atoms with Gasteiger partial charge in [-0.2, -0.15) is 0 Å². The lowest BCUT2D eigenvalue weighted by Crippen LogP contribution is -2.55. The largest absolute Gasteiger partial charge is 0.381 e. The minimum atomic E-state index is -0.108. The van der Waals surface area contributed by atoms with Crippen LogP contribution in [-0.2, 0) is 9.47 Å². The third-order valence-corrected chi connectivity index (χ3v) is 3.91. The highest BCUT2D eigenvalue weighted by molar-refractivity contribution is 4.93. The van der Waals surface area contributed by atoms with Gasteiger partial charge in [-0.1, -0.05) is 0 Å². The van der Waals surface area contributed by atoms with E-state index in [2.05, 4.69) is 6.92 Å². The van der Waals surface area contributed by atoms with Crippen molar-refractivity contribution in [3.63, 3.8) is 0 Å². The molecule has 3 unspecified atom stereocenters. The standard InChI is InChI=1S/C12H23NO2/c1-12(6-2-3-8-15-12)11(13)10-5-4-7-14-9-10/h10-11H,2-9,13H2,1H3. The Labute approximate surface area is 92.3 Å². The first-order valence-electron chi connectivity index (χ1n) is 6.20. The van der Waals surface area contributed by atoms with Crippen molar-refractivity contribution in [3.05, 3.63) is 0 Å². The van der Waals surface area contributed by atoms with Gasteiger partial charge < -0.3 is 15.2 Å². The monoisotopic (exact) mass is 213 g/mol. The first kappa shape index (κ1) is 11.4.